The summed E-state index contributed by atoms with van der Waals surface area (Å²) in [5, 5.41) is 0. The van der Waals surface area contributed by atoms with Crippen molar-refractivity contribution in [1.82, 2.24) is 0 Å². The summed E-state index contributed by atoms with van der Waals surface area (Å²) in [5.41, 5.74) is 0. The quantitative estimate of drug-likeness (QED) is 0.428. The Balaban J connectivity index is 2.31. The molecule has 0 fully saturated rings. The highest BCUT2D eigenvalue weighted by Gasteiger charge is 2.14. The normalized spacial score (nSPS) is 37.3. The van der Waals surface area contributed by atoms with Crippen molar-refractivity contribution >= 4 is 0 Å². The van der Waals surface area contributed by atoms with Crippen molar-refractivity contribution in [3.05, 3.63) is 36.5 Å². The average molecular weight is 118 g/mol. The average Bonchev–Trinajstić information content (AvgIpc) is 2.09. The highest BCUT2D eigenvalue weighted by molar-refractivity contribution is 5.21. The van der Waals surface area contributed by atoms with Crippen molar-refractivity contribution in [3.8, 4) is 0 Å². The van der Waals surface area contributed by atoms with Gasteiger partial charge in [0.2, 0.25) is 0 Å². The van der Waals surface area contributed by atoms with Crippen LogP contribution in [0.2, 0.25) is 0 Å². The molecule has 0 saturated carbocycles. The largest absolute Gasteiger partial charge is 0.0810 e. The molecule has 2 atom stereocenters. The predicted octanol–water partition coefficient (Wildman–Crippen LogP) is 2.30. The first-order chi connectivity index (χ1) is 4.45. The maximum atomic E-state index is 2.30. The summed E-state index contributed by atoms with van der Waals surface area (Å²) >= 11 is 0. The topological polar surface area (TPSA) is 0 Å². The van der Waals surface area contributed by atoms with Gasteiger partial charge in [0.25, 0.3) is 0 Å². The molecule has 2 bridgehead atoms. The lowest BCUT2D eigenvalue weighted by atomic mass is 10.1. The van der Waals surface area contributed by atoms with Gasteiger partial charge in [0.15, 0.2) is 0 Å². The smallest absolute Gasteiger partial charge is 0.00416 e. The van der Waals surface area contributed by atoms with E-state index in [2.05, 4.69) is 36.5 Å². The summed E-state index contributed by atoms with van der Waals surface area (Å²) in [6.45, 7) is 0. The van der Waals surface area contributed by atoms with Gasteiger partial charge in [0, 0.05) is 0 Å². The van der Waals surface area contributed by atoms with E-state index in [1.807, 2.05) is 0 Å². The van der Waals surface area contributed by atoms with Crippen molar-refractivity contribution in [1.29, 1.82) is 0 Å². The summed E-state index contributed by atoms with van der Waals surface area (Å²) < 4.78 is 0. The molecule has 2 rings (SSSR count). The van der Waals surface area contributed by atoms with E-state index in [4.69, 9.17) is 0 Å². The van der Waals surface area contributed by atoms with E-state index in [-0.39, 0.29) is 0 Å². The standard InChI is InChI=1S/C9H10/c1-2-4-9-6-5-8(3-1)7-9/h1-6,8-9H,7H2/t8-,9-/m0/s1. The van der Waals surface area contributed by atoms with Crippen molar-refractivity contribution in [2.45, 2.75) is 6.42 Å². The zero-order valence-corrected chi connectivity index (χ0v) is 5.33. The fraction of sp³-hybridized carbons (Fsp3) is 0.333. The Bertz CT molecular complexity index is 164. The molecule has 2 aliphatic rings. The van der Waals surface area contributed by atoms with Crippen LogP contribution in [0.4, 0.5) is 0 Å². The van der Waals surface area contributed by atoms with Crippen molar-refractivity contribution in [2.24, 2.45) is 11.8 Å². The van der Waals surface area contributed by atoms with E-state index in [0.29, 0.717) is 0 Å². The van der Waals surface area contributed by atoms with Crippen LogP contribution in [-0.4, -0.2) is 0 Å². The number of rotatable bonds is 0. The molecular weight excluding hydrogens is 108 g/mol. The molecule has 0 unspecified atom stereocenters. The molecule has 0 aromatic carbocycles. The summed E-state index contributed by atoms with van der Waals surface area (Å²) in [6, 6.07) is 0. The molecule has 0 heterocycles. The maximum Gasteiger partial charge on any atom is -0.00416 e. The van der Waals surface area contributed by atoms with Crippen LogP contribution in [-0.2, 0) is 0 Å². The lowest BCUT2D eigenvalue weighted by molar-refractivity contribution is 0.683. The van der Waals surface area contributed by atoms with E-state index < -0.39 is 0 Å². The van der Waals surface area contributed by atoms with Crippen LogP contribution in [0.3, 0.4) is 0 Å². The molecule has 0 nitrogen and oxygen atoms in total. The Kier molecular flexibility index (Phi) is 1.05. The van der Waals surface area contributed by atoms with E-state index in [9.17, 15) is 0 Å². The molecule has 0 aliphatic heterocycles. The third kappa shape index (κ3) is 0.849. The van der Waals surface area contributed by atoms with Gasteiger partial charge in [-0.1, -0.05) is 36.5 Å². The summed E-state index contributed by atoms with van der Waals surface area (Å²) in [7, 11) is 0. The molecule has 0 aromatic heterocycles. The minimum Gasteiger partial charge on any atom is -0.0810 e. The molecule has 46 valence electrons. The third-order valence-corrected chi connectivity index (χ3v) is 1.98. The van der Waals surface area contributed by atoms with Gasteiger partial charge in [-0.05, 0) is 18.3 Å². The van der Waals surface area contributed by atoms with Crippen LogP contribution >= 0.6 is 0 Å². The Morgan fingerprint density at radius 1 is 0.778 bits per heavy atom. The lowest BCUT2D eigenvalue weighted by Crippen LogP contribution is -1.88. The van der Waals surface area contributed by atoms with Crippen LogP contribution in [0.25, 0.3) is 0 Å². The molecule has 0 aromatic rings. The molecule has 0 radical (unpaired) electrons. The summed E-state index contributed by atoms with van der Waals surface area (Å²) in [6.07, 6.45) is 14.7. The first-order valence-corrected chi connectivity index (χ1v) is 3.48. The van der Waals surface area contributed by atoms with Crippen LogP contribution in [0, 0.1) is 11.8 Å². The van der Waals surface area contributed by atoms with Gasteiger partial charge in [-0.3, -0.25) is 0 Å². The molecule has 0 N–H and O–H groups in total. The maximum absolute atomic E-state index is 2.30. The number of fused-ring (bicyclic) bond motifs is 2. The molecule has 9 heavy (non-hydrogen) atoms. The summed E-state index contributed by atoms with van der Waals surface area (Å²) in [5.74, 6) is 1.45. The van der Waals surface area contributed by atoms with Gasteiger partial charge in [-0.25, -0.2) is 0 Å². The zero-order valence-electron chi connectivity index (χ0n) is 5.33. The fourth-order valence-electron chi connectivity index (χ4n) is 1.46. The Labute approximate surface area is 55.6 Å². The number of hydrogen-bond donors (Lipinski definition) is 0. The zero-order chi connectivity index (χ0) is 6.10. The van der Waals surface area contributed by atoms with Gasteiger partial charge in [0.1, 0.15) is 0 Å². The van der Waals surface area contributed by atoms with Crippen molar-refractivity contribution in [3.63, 3.8) is 0 Å². The van der Waals surface area contributed by atoms with E-state index in [1.54, 1.807) is 0 Å². The minimum atomic E-state index is 0.727. The predicted molar refractivity (Wildman–Crippen MR) is 39.0 cm³/mol. The second-order valence-corrected chi connectivity index (χ2v) is 2.72. The van der Waals surface area contributed by atoms with Gasteiger partial charge in [-0.2, -0.15) is 0 Å². The van der Waals surface area contributed by atoms with Gasteiger partial charge < -0.3 is 0 Å². The minimum absolute atomic E-state index is 0.727. The Morgan fingerprint density at radius 2 is 1.33 bits per heavy atom. The van der Waals surface area contributed by atoms with Crippen LogP contribution in [0.1, 0.15) is 6.42 Å². The number of allylic oxidation sites excluding steroid dienone is 6. The summed E-state index contributed by atoms with van der Waals surface area (Å²) in [4.78, 5) is 0. The Morgan fingerprint density at radius 3 is 1.89 bits per heavy atom. The molecule has 0 spiro atoms. The second-order valence-electron chi connectivity index (χ2n) is 2.72. The highest BCUT2D eigenvalue weighted by Crippen LogP contribution is 2.27. The second kappa shape index (κ2) is 1.87. The van der Waals surface area contributed by atoms with Gasteiger partial charge in [0.05, 0.1) is 0 Å². The first-order valence-electron chi connectivity index (χ1n) is 3.48. The molecule has 0 amide bonds. The third-order valence-electron chi connectivity index (χ3n) is 1.98. The molecule has 2 aliphatic carbocycles. The van der Waals surface area contributed by atoms with Crippen molar-refractivity contribution < 1.29 is 0 Å². The van der Waals surface area contributed by atoms with Crippen LogP contribution < -0.4 is 0 Å². The van der Waals surface area contributed by atoms with Gasteiger partial charge >= 0.3 is 0 Å². The first kappa shape index (κ1) is 5.04. The fourth-order valence-corrected chi connectivity index (χ4v) is 1.46. The van der Waals surface area contributed by atoms with Crippen LogP contribution in [0.15, 0.2) is 36.5 Å². The lowest BCUT2D eigenvalue weighted by Gasteiger charge is -1.99. The van der Waals surface area contributed by atoms with Crippen molar-refractivity contribution in [2.75, 3.05) is 0 Å². The van der Waals surface area contributed by atoms with E-state index in [1.165, 1.54) is 6.42 Å². The molecular formula is C9H10. The SMILES string of the molecule is C1=C[C@H]2C=C[C@H](C=C1)C2. The van der Waals surface area contributed by atoms with E-state index >= 15 is 0 Å². The number of hydrogen-bond acceptors (Lipinski definition) is 0. The molecule has 0 heteroatoms. The van der Waals surface area contributed by atoms with Gasteiger partial charge in [-0.15, -0.1) is 0 Å². The van der Waals surface area contributed by atoms with E-state index in [0.717, 1.165) is 11.8 Å². The molecule has 0 saturated heterocycles. The Hall–Kier alpha value is -0.780. The highest BCUT2D eigenvalue weighted by atomic mass is 14.2. The van der Waals surface area contributed by atoms with Crippen LogP contribution in [0.5, 0.6) is 0 Å². The monoisotopic (exact) mass is 118 g/mol.